The third kappa shape index (κ3) is 3.63. The fourth-order valence-corrected chi connectivity index (χ4v) is 2.71. The normalized spacial score (nSPS) is 12.8. The van der Waals surface area contributed by atoms with Crippen LogP contribution in [0.4, 0.5) is 17.1 Å². The molecule has 1 amide bonds. The Balaban J connectivity index is 0.00000192. The molecular formula is C17H21ClN4O. The molecule has 1 aromatic heterocycles. The van der Waals surface area contributed by atoms with E-state index in [0.717, 1.165) is 36.6 Å². The number of hydrogen-bond acceptors (Lipinski definition) is 4. The molecule has 122 valence electrons. The summed E-state index contributed by atoms with van der Waals surface area (Å²) < 4.78 is 0. The van der Waals surface area contributed by atoms with E-state index in [2.05, 4.69) is 34.2 Å². The van der Waals surface area contributed by atoms with Gasteiger partial charge in [-0.25, -0.2) is 0 Å². The molecule has 0 radical (unpaired) electrons. The molecule has 0 aliphatic carbocycles. The second kappa shape index (κ2) is 7.44. The van der Waals surface area contributed by atoms with Crippen LogP contribution in [0.5, 0.6) is 0 Å². The van der Waals surface area contributed by atoms with Gasteiger partial charge in [0.2, 0.25) is 0 Å². The van der Waals surface area contributed by atoms with Gasteiger partial charge in [0.25, 0.3) is 5.91 Å². The van der Waals surface area contributed by atoms with Crippen molar-refractivity contribution in [1.82, 2.24) is 9.88 Å². The van der Waals surface area contributed by atoms with E-state index in [4.69, 9.17) is 0 Å². The molecule has 1 aliphatic rings. The van der Waals surface area contributed by atoms with Crippen molar-refractivity contribution < 1.29 is 4.79 Å². The molecule has 0 spiro atoms. The van der Waals surface area contributed by atoms with Crippen LogP contribution in [0.1, 0.15) is 16.8 Å². The number of hydrogen-bond donors (Lipinski definition) is 1. The Hall–Kier alpha value is -2.11. The van der Waals surface area contributed by atoms with E-state index in [9.17, 15) is 4.79 Å². The van der Waals surface area contributed by atoms with Gasteiger partial charge in [-0.15, -0.1) is 12.4 Å². The van der Waals surface area contributed by atoms with Crippen LogP contribution in [0.2, 0.25) is 0 Å². The maximum atomic E-state index is 12.4. The van der Waals surface area contributed by atoms with E-state index >= 15 is 0 Å². The van der Waals surface area contributed by atoms with Gasteiger partial charge in [-0.3, -0.25) is 9.78 Å². The lowest BCUT2D eigenvalue weighted by Gasteiger charge is -2.26. The first-order valence-electron chi connectivity index (χ1n) is 7.43. The summed E-state index contributed by atoms with van der Waals surface area (Å²) >= 11 is 0. The summed E-state index contributed by atoms with van der Waals surface area (Å²) in [5, 5.41) is 2.98. The van der Waals surface area contributed by atoms with Crippen LogP contribution in [0.25, 0.3) is 0 Å². The summed E-state index contributed by atoms with van der Waals surface area (Å²) in [4.78, 5) is 21.0. The predicted molar refractivity (Wildman–Crippen MR) is 96.1 cm³/mol. The number of rotatable bonds is 4. The minimum absolute atomic E-state index is 0. The molecule has 6 heteroatoms. The molecule has 0 unspecified atom stereocenters. The Labute approximate surface area is 142 Å². The summed E-state index contributed by atoms with van der Waals surface area (Å²) in [6.45, 7) is 1.83. The molecule has 0 atom stereocenters. The zero-order chi connectivity index (χ0) is 15.5. The van der Waals surface area contributed by atoms with Crippen LogP contribution in [0.15, 0.2) is 42.7 Å². The van der Waals surface area contributed by atoms with Crippen molar-refractivity contribution in [2.45, 2.75) is 6.42 Å². The molecule has 0 bridgehead atoms. The van der Waals surface area contributed by atoms with Gasteiger partial charge in [0.15, 0.2) is 0 Å². The van der Waals surface area contributed by atoms with Gasteiger partial charge >= 0.3 is 0 Å². The molecule has 23 heavy (non-hydrogen) atoms. The number of halogens is 1. The summed E-state index contributed by atoms with van der Waals surface area (Å²) in [7, 11) is 4.13. The summed E-state index contributed by atoms with van der Waals surface area (Å²) in [6, 6.07) is 9.56. The molecule has 3 rings (SSSR count). The van der Waals surface area contributed by atoms with E-state index in [1.54, 1.807) is 6.20 Å². The predicted octanol–water partition coefficient (Wildman–Crippen LogP) is 3.16. The van der Waals surface area contributed by atoms with E-state index in [0.29, 0.717) is 5.56 Å². The lowest BCUT2D eigenvalue weighted by atomic mass is 10.1. The van der Waals surface area contributed by atoms with Crippen molar-refractivity contribution in [3.8, 4) is 0 Å². The molecule has 1 aliphatic heterocycles. The molecular weight excluding hydrogens is 312 g/mol. The number of para-hydroxylation sites is 1. The standard InChI is InChI=1S/C17H20N4O.ClH/c1-20(2)10-5-11-21-15-7-4-3-6-13(15)17(22)19-14-8-9-18-12-16(14)21;/h3-4,6-9,12H,5,10-11H2,1-2H3,(H,19,22);1H. The number of nitrogens with one attached hydrogen (secondary N) is 1. The topological polar surface area (TPSA) is 48.5 Å². The fraction of sp³-hybridized carbons (Fsp3) is 0.294. The summed E-state index contributed by atoms with van der Waals surface area (Å²) in [6.07, 6.45) is 4.52. The quantitative estimate of drug-likeness (QED) is 0.934. The number of anilines is 3. The molecule has 2 aromatic rings. The van der Waals surface area contributed by atoms with E-state index < -0.39 is 0 Å². The molecule has 2 heterocycles. The van der Waals surface area contributed by atoms with Gasteiger partial charge in [-0.2, -0.15) is 0 Å². The van der Waals surface area contributed by atoms with Gasteiger partial charge in [0, 0.05) is 12.7 Å². The fourth-order valence-electron chi connectivity index (χ4n) is 2.71. The van der Waals surface area contributed by atoms with Crippen LogP contribution >= 0.6 is 12.4 Å². The lowest BCUT2D eigenvalue weighted by Crippen LogP contribution is -2.23. The molecule has 1 aromatic carbocycles. The highest BCUT2D eigenvalue weighted by Crippen LogP contribution is 2.36. The van der Waals surface area contributed by atoms with Crippen molar-refractivity contribution >= 4 is 35.4 Å². The third-order valence-electron chi connectivity index (χ3n) is 3.77. The number of nitrogens with zero attached hydrogens (tertiary/aromatic N) is 3. The highest BCUT2D eigenvalue weighted by molar-refractivity contribution is 6.12. The summed E-state index contributed by atoms with van der Waals surface area (Å²) in [5.41, 5.74) is 3.38. The van der Waals surface area contributed by atoms with Gasteiger partial charge in [-0.05, 0) is 45.3 Å². The van der Waals surface area contributed by atoms with Crippen molar-refractivity contribution in [2.24, 2.45) is 0 Å². The molecule has 5 nitrogen and oxygen atoms in total. The summed E-state index contributed by atoms with van der Waals surface area (Å²) in [5.74, 6) is -0.0711. The smallest absolute Gasteiger partial charge is 0.257 e. The van der Waals surface area contributed by atoms with Crippen molar-refractivity contribution in [1.29, 1.82) is 0 Å². The van der Waals surface area contributed by atoms with Gasteiger partial charge in [0.05, 0.1) is 28.8 Å². The minimum atomic E-state index is -0.0711. The zero-order valence-corrected chi connectivity index (χ0v) is 14.1. The monoisotopic (exact) mass is 332 g/mol. The average molecular weight is 333 g/mol. The van der Waals surface area contributed by atoms with Crippen molar-refractivity contribution in [3.63, 3.8) is 0 Å². The second-order valence-corrected chi connectivity index (χ2v) is 5.67. The van der Waals surface area contributed by atoms with Crippen LogP contribution < -0.4 is 10.2 Å². The minimum Gasteiger partial charge on any atom is -0.338 e. The number of amides is 1. The molecule has 0 fully saturated rings. The highest BCUT2D eigenvalue weighted by atomic mass is 35.5. The first-order chi connectivity index (χ1) is 10.7. The Kier molecular flexibility index (Phi) is 5.58. The van der Waals surface area contributed by atoms with Crippen molar-refractivity contribution in [2.75, 3.05) is 37.4 Å². The number of pyridine rings is 1. The number of carbonyl (C=O) groups excluding carboxylic acids is 1. The van der Waals surface area contributed by atoms with Crippen molar-refractivity contribution in [3.05, 3.63) is 48.3 Å². The van der Waals surface area contributed by atoms with Crippen LogP contribution in [0.3, 0.4) is 0 Å². The number of fused-ring (bicyclic) bond motifs is 2. The Morgan fingerprint density at radius 3 is 2.74 bits per heavy atom. The Bertz CT molecular complexity index is 690. The number of carbonyl (C=O) groups is 1. The molecule has 1 N–H and O–H groups in total. The first kappa shape index (κ1) is 17.2. The number of benzene rings is 1. The van der Waals surface area contributed by atoms with Crippen LogP contribution in [-0.4, -0.2) is 43.0 Å². The van der Waals surface area contributed by atoms with E-state index in [1.807, 2.05) is 36.5 Å². The second-order valence-electron chi connectivity index (χ2n) is 5.67. The van der Waals surface area contributed by atoms with Crippen LogP contribution in [-0.2, 0) is 0 Å². The zero-order valence-electron chi connectivity index (χ0n) is 13.3. The van der Waals surface area contributed by atoms with Gasteiger partial charge in [0.1, 0.15) is 0 Å². The van der Waals surface area contributed by atoms with E-state index in [-0.39, 0.29) is 18.3 Å². The largest absolute Gasteiger partial charge is 0.338 e. The molecule has 0 saturated heterocycles. The first-order valence-corrected chi connectivity index (χ1v) is 7.43. The Morgan fingerprint density at radius 2 is 1.96 bits per heavy atom. The lowest BCUT2D eigenvalue weighted by molar-refractivity contribution is 0.102. The van der Waals surface area contributed by atoms with Gasteiger partial charge < -0.3 is 15.1 Å². The maximum Gasteiger partial charge on any atom is 0.257 e. The maximum absolute atomic E-state index is 12.4. The highest BCUT2D eigenvalue weighted by Gasteiger charge is 2.24. The Morgan fingerprint density at radius 1 is 1.17 bits per heavy atom. The third-order valence-corrected chi connectivity index (χ3v) is 3.77. The SMILES string of the molecule is CN(C)CCCN1c2cnccc2NC(=O)c2ccccc21.Cl. The molecule has 0 saturated carbocycles. The average Bonchev–Trinajstić information content (AvgIpc) is 2.63. The van der Waals surface area contributed by atoms with E-state index in [1.165, 1.54) is 0 Å². The van der Waals surface area contributed by atoms with Crippen LogP contribution in [0, 0.1) is 0 Å². The van der Waals surface area contributed by atoms with Gasteiger partial charge in [-0.1, -0.05) is 12.1 Å². The number of aromatic nitrogens is 1.